The first-order valence-electron chi connectivity index (χ1n) is 7.03. The maximum Gasteiger partial charge on any atom is 0.321 e. The quantitative estimate of drug-likeness (QED) is 0.827. The Bertz CT molecular complexity index is 759. The van der Waals surface area contributed by atoms with Crippen LogP contribution in [0.1, 0.15) is 30.6 Å². The molecular formula is C14H17N3O5S. The minimum absolute atomic E-state index is 0.0179. The lowest BCUT2D eigenvalue weighted by Gasteiger charge is -2.15. The standard InChI is InChI=1S/C14H17N3O5S/c1-3-9(2)15-14(20)16-12(18)8-17-13(19)10-6-4-5-7-11(10)23(17,21)22/h4-7,9H,3,8H2,1-2H3,(H2,15,16,18,20)/t9-/m1/s1. The number of carbonyl (C=O) groups is 3. The van der Waals surface area contributed by atoms with Gasteiger partial charge in [0.1, 0.15) is 11.4 Å². The van der Waals surface area contributed by atoms with Crippen LogP contribution in [0.5, 0.6) is 0 Å². The molecule has 23 heavy (non-hydrogen) atoms. The highest BCUT2D eigenvalue weighted by Crippen LogP contribution is 2.29. The van der Waals surface area contributed by atoms with Crippen molar-refractivity contribution >= 4 is 27.9 Å². The van der Waals surface area contributed by atoms with Crippen LogP contribution in [0.3, 0.4) is 0 Å². The highest BCUT2D eigenvalue weighted by Gasteiger charge is 2.41. The van der Waals surface area contributed by atoms with E-state index < -0.39 is 34.4 Å². The van der Waals surface area contributed by atoms with E-state index in [4.69, 9.17) is 0 Å². The van der Waals surface area contributed by atoms with E-state index >= 15 is 0 Å². The monoisotopic (exact) mass is 339 g/mol. The van der Waals surface area contributed by atoms with Crippen LogP contribution in [-0.4, -0.2) is 43.2 Å². The molecule has 0 unspecified atom stereocenters. The number of benzene rings is 1. The van der Waals surface area contributed by atoms with Crippen LogP contribution in [-0.2, 0) is 14.8 Å². The van der Waals surface area contributed by atoms with Crippen molar-refractivity contribution in [1.29, 1.82) is 0 Å². The van der Waals surface area contributed by atoms with Crippen molar-refractivity contribution in [3.05, 3.63) is 29.8 Å². The number of nitrogens with zero attached hydrogens (tertiary/aromatic N) is 1. The van der Waals surface area contributed by atoms with E-state index in [0.29, 0.717) is 10.7 Å². The number of hydrogen-bond acceptors (Lipinski definition) is 5. The van der Waals surface area contributed by atoms with Gasteiger partial charge in [-0.1, -0.05) is 19.1 Å². The lowest BCUT2D eigenvalue weighted by Crippen LogP contribution is -2.47. The largest absolute Gasteiger partial charge is 0.335 e. The van der Waals surface area contributed by atoms with Crippen molar-refractivity contribution in [1.82, 2.24) is 14.9 Å². The van der Waals surface area contributed by atoms with Gasteiger partial charge in [0.15, 0.2) is 0 Å². The molecule has 8 nitrogen and oxygen atoms in total. The van der Waals surface area contributed by atoms with Gasteiger partial charge in [0.25, 0.3) is 15.9 Å². The first-order valence-corrected chi connectivity index (χ1v) is 8.47. The van der Waals surface area contributed by atoms with Gasteiger partial charge in [0.05, 0.1) is 5.56 Å². The Hall–Kier alpha value is -2.42. The second-order valence-electron chi connectivity index (χ2n) is 5.14. The van der Waals surface area contributed by atoms with Gasteiger partial charge in [0.2, 0.25) is 5.91 Å². The van der Waals surface area contributed by atoms with Crippen LogP contribution in [0.4, 0.5) is 4.79 Å². The lowest BCUT2D eigenvalue weighted by molar-refractivity contribution is -0.119. The molecule has 0 radical (unpaired) electrons. The third kappa shape index (κ3) is 3.34. The lowest BCUT2D eigenvalue weighted by atomic mass is 10.2. The van der Waals surface area contributed by atoms with Crippen molar-refractivity contribution < 1.29 is 22.8 Å². The zero-order chi connectivity index (χ0) is 17.2. The SMILES string of the molecule is CC[C@@H](C)NC(=O)NC(=O)CN1C(=O)c2ccccc2S1(=O)=O. The predicted octanol–water partition coefficient (Wildman–Crippen LogP) is 0.455. The molecule has 0 bridgehead atoms. The zero-order valence-corrected chi connectivity index (χ0v) is 13.5. The third-order valence-electron chi connectivity index (χ3n) is 3.44. The molecule has 1 atom stereocenters. The summed E-state index contributed by atoms with van der Waals surface area (Å²) in [6.45, 7) is 2.87. The van der Waals surface area contributed by atoms with Gasteiger partial charge >= 0.3 is 6.03 Å². The Morgan fingerprint density at radius 2 is 1.91 bits per heavy atom. The third-order valence-corrected chi connectivity index (χ3v) is 5.23. The van der Waals surface area contributed by atoms with Crippen molar-refractivity contribution in [3.8, 4) is 0 Å². The minimum Gasteiger partial charge on any atom is -0.335 e. The summed E-state index contributed by atoms with van der Waals surface area (Å²) < 4.78 is 25.0. The number of imide groups is 1. The Kier molecular flexibility index (Phi) is 4.69. The van der Waals surface area contributed by atoms with E-state index in [0.717, 1.165) is 0 Å². The van der Waals surface area contributed by atoms with Crippen molar-refractivity contribution in [2.45, 2.75) is 31.2 Å². The smallest absolute Gasteiger partial charge is 0.321 e. The predicted molar refractivity (Wildman–Crippen MR) is 81.1 cm³/mol. The molecule has 0 spiro atoms. The summed E-state index contributed by atoms with van der Waals surface area (Å²) in [5.41, 5.74) is 0.0179. The van der Waals surface area contributed by atoms with Gasteiger partial charge in [-0.2, -0.15) is 0 Å². The van der Waals surface area contributed by atoms with Crippen molar-refractivity contribution in [2.24, 2.45) is 0 Å². The summed E-state index contributed by atoms with van der Waals surface area (Å²) in [7, 11) is -4.06. The van der Waals surface area contributed by atoms with Crippen LogP contribution < -0.4 is 10.6 Å². The first kappa shape index (κ1) is 16.9. The van der Waals surface area contributed by atoms with Crippen molar-refractivity contribution in [2.75, 3.05) is 6.54 Å². The van der Waals surface area contributed by atoms with Crippen LogP contribution >= 0.6 is 0 Å². The molecule has 1 heterocycles. The van der Waals surface area contributed by atoms with E-state index in [1.807, 2.05) is 12.2 Å². The highest BCUT2D eigenvalue weighted by molar-refractivity contribution is 7.90. The summed E-state index contributed by atoms with van der Waals surface area (Å²) in [6, 6.07) is 4.84. The molecule has 0 fully saturated rings. The van der Waals surface area contributed by atoms with Crippen LogP contribution in [0.2, 0.25) is 0 Å². The number of rotatable bonds is 4. The molecule has 124 valence electrons. The zero-order valence-electron chi connectivity index (χ0n) is 12.7. The number of nitrogens with one attached hydrogen (secondary N) is 2. The number of hydrogen-bond donors (Lipinski definition) is 2. The number of fused-ring (bicyclic) bond motifs is 1. The van der Waals surface area contributed by atoms with E-state index in [-0.39, 0.29) is 16.5 Å². The molecule has 1 aliphatic heterocycles. The fraction of sp³-hybridized carbons (Fsp3) is 0.357. The Morgan fingerprint density at radius 3 is 2.52 bits per heavy atom. The highest BCUT2D eigenvalue weighted by atomic mass is 32.2. The molecule has 9 heteroatoms. The number of amides is 4. The normalized spacial score (nSPS) is 16.6. The first-order chi connectivity index (χ1) is 10.8. The molecule has 1 aromatic rings. The molecule has 0 aromatic heterocycles. The van der Waals surface area contributed by atoms with Gasteiger partial charge in [0, 0.05) is 6.04 Å². The molecule has 1 aliphatic rings. The number of carbonyl (C=O) groups excluding carboxylic acids is 3. The fourth-order valence-corrected chi connectivity index (χ4v) is 3.57. The molecule has 1 aromatic carbocycles. The molecule has 2 rings (SSSR count). The number of sulfonamides is 1. The Morgan fingerprint density at radius 1 is 1.26 bits per heavy atom. The summed E-state index contributed by atoms with van der Waals surface area (Å²) in [4.78, 5) is 35.4. The van der Waals surface area contributed by atoms with Gasteiger partial charge in [-0.15, -0.1) is 0 Å². The van der Waals surface area contributed by atoms with Gasteiger partial charge in [-0.05, 0) is 25.5 Å². The molecule has 0 saturated carbocycles. The second kappa shape index (κ2) is 6.37. The molecule has 2 N–H and O–H groups in total. The molecule has 4 amide bonds. The van der Waals surface area contributed by atoms with Gasteiger partial charge in [-0.25, -0.2) is 17.5 Å². The maximum atomic E-state index is 12.3. The summed E-state index contributed by atoms with van der Waals surface area (Å²) in [5, 5.41) is 4.52. The van der Waals surface area contributed by atoms with Crippen molar-refractivity contribution in [3.63, 3.8) is 0 Å². The Balaban J connectivity index is 2.08. The molecule has 0 aliphatic carbocycles. The van der Waals surface area contributed by atoms with E-state index in [1.54, 1.807) is 6.92 Å². The minimum atomic E-state index is -4.06. The summed E-state index contributed by atoms with van der Waals surface area (Å²) in [5.74, 6) is -1.66. The van der Waals surface area contributed by atoms with Gasteiger partial charge < -0.3 is 5.32 Å². The Labute approximate surface area is 133 Å². The average molecular weight is 339 g/mol. The topological polar surface area (TPSA) is 113 Å². The average Bonchev–Trinajstić information content (AvgIpc) is 2.68. The fourth-order valence-electron chi connectivity index (χ4n) is 2.05. The van der Waals surface area contributed by atoms with E-state index in [1.165, 1.54) is 24.3 Å². The molecule has 0 saturated heterocycles. The summed E-state index contributed by atoms with van der Waals surface area (Å²) in [6.07, 6.45) is 0.676. The van der Waals surface area contributed by atoms with E-state index in [2.05, 4.69) is 5.32 Å². The van der Waals surface area contributed by atoms with Crippen LogP contribution in [0.25, 0.3) is 0 Å². The summed E-state index contributed by atoms with van der Waals surface area (Å²) >= 11 is 0. The number of urea groups is 1. The second-order valence-corrected chi connectivity index (χ2v) is 6.97. The van der Waals surface area contributed by atoms with E-state index in [9.17, 15) is 22.8 Å². The van der Waals surface area contributed by atoms with Gasteiger partial charge in [-0.3, -0.25) is 14.9 Å². The van der Waals surface area contributed by atoms with Crippen LogP contribution in [0.15, 0.2) is 29.2 Å². The maximum absolute atomic E-state index is 12.3. The molecular weight excluding hydrogens is 322 g/mol. The van der Waals surface area contributed by atoms with Crippen LogP contribution in [0, 0.1) is 0 Å².